The van der Waals surface area contributed by atoms with Crippen LogP contribution in [0.2, 0.25) is 0 Å². The van der Waals surface area contributed by atoms with Crippen molar-refractivity contribution < 1.29 is 14.6 Å². The molecule has 2 heterocycles. The highest BCUT2D eigenvalue weighted by molar-refractivity contribution is 5.76. The molecular weight excluding hydrogens is 316 g/mol. The molecule has 0 atom stereocenters. The maximum absolute atomic E-state index is 12.5. The molecule has 0 bridgehead atoms. The fourth-order valence-corrected chi connectivity index (χ4v) is 3.21. The molecule has 1 aromatic rings. The molecule has 1 saturated heterocycles. The summed E-state index contributed by atoms with van der Waals surface area (Å²) in [5, 5.41) is 9.60. The van der Waals surface area contributed by atoms with E-state index in [1.807, 2.05) is 43.9 Å². The van der Waals surface area contributed by atoms with Crippen LogP contribution in [-0.4, -0.2) is 46.2 Å². The molecule has 140 valence electrons. The lowest BCUT2D eigenvalue weighted by atomic mass is 9.77. The normalized spacial score (nSPS) is 17.4. The minimum atomic E-state index is -0.284. The lowest BCUT2D eigenvalue weighted by molar-refractivity contribution is -0.134. The van der Waals surface area contributed by atoms with E-state index in [1.165, 1.54) is 0 Å². The maximum Gasteiger partial charge on any atom is 0.222 e. The van der Waals surface area contributed by atoms with Crippen molar-refractivity contribution in [1.82, 2.24) is 9.88 Å². The van der Waals surface area contributed by atoms with E-state index in [1.54, 1.807) is 0 Å². The summed E-state index contributed by atoms with van der Waals surface area (Å²) in [7, 11) is 0. The zero-order valence-electron chi connectivity index (χ0n) is 16.0. The number of likely N-dealkylation sites (tertiary alicyclic amines) is 1. The lowest BCUT2D eigenvalue weighted by Gasteiger charge is -2.40. The summed E-state index contributed by atoms with van der Waals surface area (Å²) in [6.07, 6.45) is 3.83. The Hall–Kier alpha value is -1.62. The second-order valence-electron chi connectivity index (χ2n) is 8.07. The maximum atomic E-state index is 12.5. The molecule has 0 saturated carbocycles. The van der Waals surface area contributed by atoms with Gasteiger partial charge in [-0.25, -0.2) is 4.98 Å². The first kappa shape index (κ1) is 19.7. The van der Waals surface area contributed by atoms with E-state index >= 15 is 0 Å². The molecule has 1 N–H and O–H groups in total. The fourth-order valence-electron chi connectivity index (χ4n) is 3.21. The van der Waals surface area contributed by atoms with Crippen molar-refractivity contribution >= 4 is 5.91 Å². The van der Waals surface area contributed by atoms with E-state index in [2.05, 4.69) is 11.9 Å². The largest absolute Gasteiger partial charge is 0.472 e. The second-order valence-corrected chi connectivity index (χ2v) is 8.07. The Morgan fingerprint density at radius 2 is 2.00 bits per heavy atom. The number of aromatic nitrogens is 1. The zero-order chi connectivity index (χ0) is 18.5. The van der Waals surface area contributed by atoms with Crippen molar-refractivity contribution in [3.05, 3.63) is 23.9 Å². The Morgan fingerprint density at radius 1 is 1.32 bits per heavy atom. The van der Waals surface area contributed by atoms with Crippen molar-refractivity contribution in [1.29, 1.82) is 0 Å². The van der Waals surface area contributed by atoms with Crippen LogP contribution in [0, 0.1) is 5.41 Å². The van der Waals surface area contributed by atoms with E-state index in [9.17, 15) is 9.90 Å². The first-order valence-corrected chi connectivity index (χ1v) is 9.30. The number of rotatable bonds is 6. The molecule has 0 radical (unpaired) electrons. The van der Waals surface area contributed by atoms with Crippen LogP contribution >= 0.6 is 0 Å². The number of pyridine rings is 1. The molecule has 0 aromatic carbocycles. The summed E-state index contributed by atoms with van der Waals surface area (Å²) in [5.41, 5.74) is 0.607. The zero-order valence-corrected chi connectivity index (χ0v) is 16.0. The Labute approximate surface area is 151 Å². The molecule has 1 fully saturated rings. The van der Waals surface area contributed by atoms with Gasteiger partial charge >= 0.3 is 0 Å². The number of piperidine rings is 1. The Morgan fingerprint density at radius 3 is 2.56 bits per heavy atom. The first-order valence-electron chi connectivity index (χ1n) is 9.30. The highest BCUT2D eigenvalue weighted by Crippen LogP contribution is 2.34. The SMILES string of the molecule is CCC1(CO)CCN(C(=O)CCc2cccc(OC(C)(C)C)n2)CC1. The molecule has 0 aliphatic carbocycles. The van der Waals surface area contributed by atoms with Crippen molar-refractivity contribution in [3.8, 4) is 5.88 Å². The standard InChI is InChI=1S/C20H32N2O3/c1-5-20(15-23)11-13-22(14-12-20)18(24)10-9-16-7-6-8-17(21-16)25-19(2,3)4/h6-8,23H,5,9-15H2,1-4H3. The van der Waals surface area contributed by atoms with Crippen LogP contribution < -0.4 is 4.74 Å². The number of ether oxygens (including phenoxy) is 1. The van der Waals surface area contributed by atoms with Gasteiger partial charge in [-0.1, -0.05) is 13.0 Å². The highest BCUT2D eigenvalue weighted by Gasteiger charge is 2.33. The van der Waals surface area contributed by atoms with Crippen molar-refractivity contribution in [2.75, 3.05) is 19.7 Å². The van der Waals surface area contributed by atoms with Crippen molar-refractivity contribution in [2.24, 2.45) is 5.41 Å². The topological polar surface area (TPSA) is 62.7 Å². The average molecular weight is 348 g/mol. The van der Waals surface area contributed by atoms with Gasteiger partial charge in [-0.2, -0.15) is 0 Å². The molecule has 0 spiro atoms. The predicted octanol–water partition coefficient (Wildman–Crippen LogP) is 3.20. The number of aliphatic hydroxyl groups excluding tert-OH is 1. The molecule has 1 aliphatic heterocycles. The smallest absolute Gasteiger partial charge is 0.222 e. The number of nitrogens with zero attached hydrogens (tertiary/aromatic N) is 2. The van der Waals surface area contributed by atoms with E-state index in [0.717, 1.165) is 38.0 Å². The first-order chi connectivity index (χ1) is 11.8. The minimum Gasteiger partial charge on any atom is -0.472 e. The summed E-state index contributed by atoms with van der Waals surface area (Å²) in [6.45, 7) is 9.79. The molecule has 1 amide bonds. The molecule has 25 heavy (non-hydrogen) atoms. The summed E-state index contributed by atoms with van der Waals surface area (Å²) >= 11 is 0. The third kappa shape index (κ3) is 5.70. The number of carbonyl (C=O) groups excluding carboxylic acids is 1. The number of hydrogen-bond acceptors (Lipinski definition) is 4. The molecule has 1 aromatic heterocycles. The minimum absolute atomic E-state index is 0.0109. The average Bonchev–Trinajstić information content (AvgIpc) is 2.58. The third-order valence-electron chi connectivity index (χ3n) is 5.05. The summed E-state index contributed by atoms with van der Waals surface area (Å²) in [6, 6.07) is 5.71. The van der Waals surface area contributed by atoms with E-state index < -0.39 is 0 Å². The van der Waals surface area contributed by atoms with Crippen LogP contribution in [0.1, 0.15) is 59.1 Å². The van der Waals surface area contributed by atoms with Gasteiger partial charge in [-0.3, -0.25) is 4.79 Å². The molecule has 5 heteroatoms. The number of hydrogen-bond donors (Lipinski definition) is 1. The Kier molecular flexibility index (Phi) is 6.44. The third-order valence-corrected chi connectivity index (χ3v) is 5.05. The fraction of sp³-hybridized carbons (Fsp3) is 0.700. The number of aryl methyl sites for hydroxylation is 1. The van der Waals surface area contributed by atoms with Crippen LogP contribution in [0.5, 0.6) is 5.88 Å². The van der Waals surface area contributed by atoms with Crippen molar-refractivity contribution in [2.45, 2.75) is 65.4 Å². The Bertz CT molecular complexity index is 567. The predicted molar refractivity (Wildman–Crippen MR) is 98.6 cm³/mol. The van der Waals surface area contributed by atoms with Gasteiger partial charge in [0.05, 0.1) is 0 Å². The van der Waals surface area contributed by atoms with Crippen LogP contribution in [0.25, 0.3) is 0 Å². The molecule has 2 rings (SSSR count). The van der Waals surface area contributed by atoms with Crippen LogP contribution in [-0.2, 0) is 11.2 Å². The van der Waals surface area contributed by atoms with Gasteiger partial charge in [0.2, 0.25) is 11.8 Å². The Balaban J connectivity index is 1.86. The molecule has 1 aliphatic rings. The van der Waals surface area contributed by atoms with Crippen LogP contribution in [0.4, 0.5) is 0 Å². The van der Waals surface area contributed by atoms with Gasteiger partial charge < -0.3 is 14.7 Å². The van der Waals surface area contributed by atoms with E-state index in [0.29, 0.717) is 18.7 Å². The summed E-state index contributed by atoms with van der Waals surface area (Å²) in [4.78, 5) is 18.9. The van der Waals surface area contributed by atoms with Crippen molar-refractivity contribution in [3.63, 3.8) is 0 Å². The number of amides is 1. The van der Waals surface area contributed by atoms with Gasteiger partial charge in [-0.05, 0) is 57.9 Å². The quantitative estimate of drug-likeness (QED) is 0.857. The highest BCUT2D eigenvalue weighted by atomic mass is 16.5. The monoisotopic (exact) mass is 348 g/mol. The molecule has 5 nitrogen and oxygen atoms in total. The molecular formula is C20H32N2O3. The second kappa shape index (κ2) is 8.17. The van der Waals surface area contributed by atoms with E-state index in [-0.39, 0.29) is 23.5 Å². The number of aliphatic hydroxyl groups is 1. The number of carbonyl (C=O) groups is 1. The van der Waals surface area contributed by atoms with Gasteiger partial charge in [0.25, 0.3) is 0 Å². The van der Waals surface area contributed by atoms with Crippen LogP contribution in [0.15, 0.2) is 18.2 Å². The lowest BCUT2D eigenvalue weighted by Crippen LogP contribution is -2.44. The summed E-state index contributed by atoms with van der Waals surface area (Å²) < 4.78 is 5.78. The van der Waals surface area contributed by atoms with Gasteiger partial charge in [0.15, 0.2) is 0 Å². The van der Waals surface area contributed by atoms with Gasteiger partial charge in [0, 0.05) is 37.9 Å². The summed E-state index contributed by atoms with van der Waals surface area (Å²) in [5.74, 6) is 0.776. The van der Waals surface area contributed by atoms with E-state index in [4.69, 9.17) is 4.74 Å². The van der Waals surface area contributed by atoms with Crippen LogP contribution in [0.3, 0.4) is 0 Å². The van der Waals surface area contributed by atoms with Gasteiger partial charge in [-0.15, -0.1) is 0 Å². The molecule has 0 unspecified atom stereocenters. The van der Waals surface area contributed by atoms with Gasteiger partial charge in [0.1, 0.15) is 5.60 Å².